The minimum Gasteiger partial charge on any atom is -0.347 e. The van der Waals surface area contributed by atoms with Crippen molar-refractivity contribution in [3.8, 4) is 5.82 Å². The molecule has 1 N–H and O–H groups in total. The van der Waals surface area contributed by atoms with Crippen LogP contribution < -0.4 is 5.32 Å². The fourth-order valence-electron chi connectivity index (χ4n) is 2.49. The number of nitrogens with one attached hydrogen (secondary N) is 1. The summed E-state index contributed by atoms with van der Waals surface area (Å²) < 4.78 is 1.67. The zero-order chi connectivity index (χ0) is 18.8. The van der Waals surface area contributed by atoms with Crippen LogP contribution in [0.3, 0.4) is 0 Å². The zero-order valence-corrected chi connectivity index (χ0v) is 16.3. The minimum absolute atomic E-state index is 0.127. The van der Waals surface area contributed by atoms with Gasteiger partial charge in [-0.25, -0.2) is 9.67 Å². The highest BCUT2D eigenvalue weighted by Crippen LogP contribution is 2.21. The van der Waals surface area contributed by atoms with Crippen molar-refractivity contribution in [3.05, 3.63) is 74.1 Å². The second kappa shape index (κ2) is 7.66. The zero-order valence-electron chi connectivity index (χ0n) is 14.1. The van der Waals surface area contributed by atoms with E-state index in [1.807, 2.05) is 19.9 Å². The molecule has 1 aromatic carbocycles. The van der Waals surface area contributed by atoms with E-state index < -0.39 is 5.91 Å². The van der Waals surface area contributed by atoms with Crippen LogP contribution in [0.4, 0.5) is 0 Å². The third-order valence-corrected chi connectivity index (χ3v) is 4.62. The number of rotatable bonds is 4. The van der Waals surface area contributed by atoms with Crippen LogP contribution in [0.25, 0.3) is 5.82 Å². The number of hydrogen-bond acceptors (Lipinski definition) is 3. The molecule has 0 fully saturated rings. The van der Waals surface area contributed by atoms with Crippen molar-refractivity contribution in [2.45, 2.75) is 20.4 Å². The molecule has 0 saturated carbocycles. The van der Waals surface area contributed by atoms with Crippen molar-refractivity contribution in [1.29, 1.82) is 0 Å². The molecule has 5 nitrogen and oxygen atoms in total. The van der Waals surface area contributed by atoms with Crippen molar-refractivity contribution in [3.63, 3.8) is 0 Å². The first-order valence-electron chi connectivity index (χ1n) is 7.77. The largest absolute Gasteiger partial charge is 0.347 e. The summed E-state index contributed by atoms with van der Waals surface area (Å²) in [5.74, 6) is 0.124. The van der Waals surface area contributed by atoms with Gasteiger partial charge in [0.2, 0.25) is 0 Å². The lowest BCUT2D eigenvalue weighted by molar-refractivity contribution is 0.0946. The molecule has 0 bridgehead atoms. The molecule has 3 rings (SSSR count). The maximum atomic E-state index is 12.5. The van der Waals surface area contributed by atoms with E-state index in [-0.39, 0.29) is 17.3 Å². The maximum absolute atomic E-state index is 12.5. The molecule has 0 spiro atoms. The number of aromatic nitrogens is 3. The molecule has 26 heavy (non-hydrogen) atoms. The molecular weight excluding hydrogens is 395 g/mol. The average Bonchev–Trinajstić information content (AvgIpc) is 2.92. The Morgan fingerprint density at radius 3 is 2.50 bits per heavy atom. The Bertz CT molecular complexity index is 985. The summed E-state index contributed by atoms with van der Waals surface area (Å²) >= 11 is 18.2. The van der Waals surface area contributed by atoms with Gasteiger partial charge >= 0.3 is 0 Å². The first kappa shape index (κ1) is 18.7. The van der Waals surface area contributed by atoms with Gasteiger partial charge in [0.25, 0.3) is 5.91 Å². The van der Waals surface area contributed by atoms with E-state index in [2.05, 4.69) is 15.4 Å². The number of carbonyl (C=O) groups is 1. The number of amides is 1. The quantitative estimate of drug-likeness (QED) is 0.675. The van der Waals surface area contributed by atoms with Crippen LogP contribution >= 0.6 is 34.8 Å². The number of halogens is 3. The van der Waals surface area contributed by atoms with Gasteiger partial charge in [-0.3, -0.25) is 4.79 Å². The highest BCUT2D eigenvalue weighted by molar-refractivity contribution is 6.35. The molecule has 2 heterocycles. The van der Waals surface area contributed by atoms with Crippen molar-refractivity contribution < 1.29 is 4.79 Å². The highest BCUT2D eigenvalue weighted by Gasteiger charge is 2.15. The first-order valence-corrected chi connectivity index (χ1v) is 8.91. The predicted octanol–water partition coefficient (Wildman–Crippen LogP) is 4.77. The normalized spacial score (nSPS) is 10.8. The van der Waals surface area contributed by atoms with Gasteiger partial charge in [-0.2, -0.15) is 5.10 Å². The molecule has 0 unspecified atom stereocenters. The lowest BCUT2D eigenvalue weighted by Gasteiger charge is -2.10. The van der Waals surface area contributed by atoms with E-state index in [4.69, 9.17) is 34.8 Å². The number of pyridine rings is 1. The van der Waals surface area contributed by atoms with Gasteiger partial charge in [0, 0.05) is 22.3 Å². The Balaban J connectivity index is 1.82. The molecule has 8 heteroatoms. The van der Waals surface area contributed by atoms with Crippen LogP contribution in [0.1, 0.15) is 27.4 Å². The van der Waals surface area contributed by atoms with E-state index in [1.54, 1.807) is 35.0 Å². The monoisotopic (exact) mass is 408 g/mol. The SMILES string of the molecule is Cc1cc(C)n(-c2ccc(Cl)c(C(=O)NCc3ccc(Cl)cc3Cl)n2)n1. The van der Waals surface area contributed by atoms with Gasteiger partial charge in [0.15, 0.2) is 5.82 Å². The molecule has 1 amide bonds. The Morgan fingerprint density at radius 1 is 1.08 bits per heavy atom. The van der Waals surface area contributed by atoms with E-state index in [1.165, 1.54) is 0 Å². The van der Waals surface area contributed by atoms with E-state index in [0.29, 0.717) is 15.9 Å². The van der Waals surface area contributed by atoms with Gasteiger partial charge in [-0.1, -0.05) is 40.9 Å². The Labute approximate surface area is 165 Å². The first-order chi connectivity index (χ1) is 12.3. The number of nitrogens with zero attached hydrogens (tertiary/aromatic N) is 3. The maximum Gasteiger partial charge on any atom is 0.271 e. The molecule has 0 atom stereocenters. The summed E-state index contributed by atoms with van der Waals surface area (Å²) in [4.78, 5) is 16.9. The second-order valence-electron chi connectivity index (χ2n) is 5.76. The molecular formula is C18H15Cl3N4O. The fourth-order valence-corrected chi connectivity index (χ4v) is 3.16. The number of aryl methyl sites for hydroxylation is 2. The predicted molar refractivity (Wildman–Crippen MR) is 103 cm³/mol. The van der Waals surface area contributed by atoms with Gasteiger partial charge < -0.3 is 5.32 Å². The van der Waals surface area contributed by atoms with Crippen molar-refractivity contribution in [2.24, 2.45) is 0 Å². The summed E-state index contributed by atoms with van der Waals surface area (Å²) in [5, 5.41) is 8.42. The molecule has 134 valence electrons. The minimum atomic E-state index is -0.399. The molecule has 0 aliphatic heterocycles. The summed E-state index contributed by atoms with van der Waals surface area (Å²) in [7, 11) is 0. The van der Waals surface area contributed by atoms with E-state index >= 15 is 0 Å². The summed E-state index contributed by atoms with van der Waals surface area (Å²) in [5.41, 5.74) is 2.65. The van der Waals surface area contributed by atoms with Gasteiger partial charge in [-0.05, 0) is 49.7 Å². The van der Waals surface area contributed by atoms with Crippen molar-refractivity contribution in [1.82, 2.24) is 20.1 Å². The number of benzene rings is 1. The Kier molecular flexibility index (Phi) is 5.51. The van der Waals surface area contributed by atoms with E-state index in [0.717, 1.165) is 17.0 Å². The summed E-state index contributed by atoms with van der Waals surface area (Å²) in [6, 6.07) is 10.4. The second-order valence-corrected chi connectivity index (χ2v) is 7.01. The number of hydrogen-bond donors (Lipinski definition) is 1. The van der Waals surface area contributed by atoms with Crippen molar-refractivity contribution in [2.75, 3.05) is 0 Å². The van der Waals surface area contributed by atoms with Gasteiger partial charge in [0.05, 0.1) is 10.7 Å². The van der Waals surface area contributed by atoms with Crippen LogP contribution in [-0.4, -0.2) is 20.7 Å². The fraction of sp³-hybridized carbons (Fsp3) is 0.167. The van der Waals surface area contributed by atoms with Crippen LogP contribution in [-0.2, 0) is 6.54 Å². The van der Waals surface area contributed by atoms with Gasteiger partial charge in [-0.15, -0.1) is 0 Å². The molecule has 3 aromatic rings. The highest BCUT2D eigenvalue weighted by atomic mass is 35.5. The smallest absolute Gasteiger partial charge is 0.271 e. The summed E-state index contributed by atoms with van der Waals surface area (Å²) in [6.07, 6.45) is 0. The Morgan fingerprint density at radius 2 is 1.85 bits per heavy atom. The van der Waals surface area contributed by atoms with Crippen LogP contribution in [0, 0.1) is 13.8 Å². The Hall–Kier alpha value is -2.08. The topological polar surface area (TPSA) is 59.8 Å². The standard InChI is InChI=1S/C18H15Cl3N4O/c1-10-7-11(2)25(24-10)16-6-5-14(20)17(23-16)18(26)22-9-12-3-4-13(19)8-15(12)21/h3-8H,9H2,1-2H3,(H,22,26). The average molecular weight is 410 g/mol. The lowest BCUT2D eigenvalue weighted by Crippen LogP contribution is -2.25. The molecule has 0 aliphatic rings. The van der Waals surface area contributed by atoms with E-state index in [9.17, 15) is 4.79 Å². The van der Waals surface area contributed by atoms with Crippen LogP contribution in [0.15, 0.2) is 36.4 Å². The molecule has 0 radical (unpaired) electrons. The van der Waals surface area contributed by atoms with Crippen LogP contribution in [0.2, 0.25) is 15.1 Å². The third kappa shape index (κ3) is 4.01. The van der Waals surface area contributed by atoms with Crippen molar-refractivity contribution >= 4 is 40.7 Å². The van der Waals surface area contributed by atoms with Gasteiger partial charge in [0.1, 0.15) is 5.69 Å². The third-order valence-electron chi connectivity index (χ3n) is 3.73. The lowest BCUT2D eigenvalue weighted by atomic mass is 10.2. The molecule has 0 aliphatic carbocycles. The molecule has 2 aromatic heterocycles. The summed E-state index contributed by atoms with van der Waals surface area (Å²) in [6.45, 7) is 4.04. The molecule has 0 saturated heterocycles. The number of carbonyl (C=O) groups excluding carboxylic acids is 1. The van der Waals surface area contributed by atoms with Crippen LogP contribution in [0.5, 0.6) is 0 Å².